The number of aromatic carboxylic acids is 1. The molecule has 0 bridgehead atoms. The number of hydrogen-bond acceptors (Lipinski definition) is 2. The zero-order chi connectivity index (χ0) is 7.56. The molecule has 2 N–H and O–H groups in total. The predicted molar refractivity (Wildman–Crippen MR) is 42.0 cm³/mol. The van der Waals surface area contributed by atoms with Gasteiger partial charge in [0, 0.05) is 6.20 Å². The number of carboxylic acid groups (broad SMARTS) is 1. The van der Waals surface area contributed by atoms with Gasteiger partial charge in [-0.3, -0.25) is 4.79 Å². The molecule has 0 aliphatic rings. The number of carbonyl (C=O) groups is 1. The van der Waals surface area contributed by atoms with Crippen molar-refractivity contribution in [1.82, 2.24) is 4.98 Å². The van der Waals surface area contributed by atoms with Gasteiger partial charge in [-0.2, -0.15) is 0 Å². The maximum absolute atomic E-state index is 10.6. The topological polar surface area (TPSA) is 70.2 Å². The molecule has 0 aliphatic carbocycles. The van der Waals surface area contributed by atoms with Gasteiger partial charge in [0.25, 0.3) is 5.56 Å². The van der Waals surface area contributed by atoms with Crippen LogP contribution in [-0.2, 0) is 0 Å². The molecule has 5 heteroatoms. The Hall–Kier alpha value is -0.00857. The minimum atomic E-state index is -1.21. The molecule has 0 amide bonds. The molecule has 1 heterocycles. The number of carboxylic acids is 1. The van der Waals surface area contributed by atoms with Gasteiger partial charge < -0.3 is 12.9 Å². The maximum atomic E-state index is 10.6. The van der Waals surface area contributed by atoms with Crippen LogP contribution in [0.5, 0.6) is 0 Å². The molecule has 1 aromatic heterocycles. The van der Waals surface area contributed by atoms with Crippen LogP contribution in [0.4, 0.5) is 0 Å². The average molecular weight is 278 g/mol. The van der Waals surface area contributed by atoms with Crippen molar-refractivity contribution < 1.29 is 12.8 Å². The summed E-state index contributed by atoms with van der Waals surface area (Å²) >= 11 is 0. The monoisotopic (exact) mass is 279 g/mol. The SMILES string of the molecule is O=C(O)c1ccc[nH]c1=O.[Ba+2].[H-].[H-]. The van der Waals surface area contributed by atoms with E-state index in [1.807, 2.05) is 0 Å². The summed E-state index contributed by atoms with van der Waals surface area (Å²) in [4.78, 5) is 23.1. The van der Waals surface area contributed by atoms with Crippen molar-refractivity contribution in [2.75, 3.05) is 0 Å². The molecule has 0 fully saturated rings. The van der Waals surface area contributed by atoms with Gasteiger partial charge in [0.1, 0.15) is 5.56 Å². The Balaban J connectivity index is -0.000000333. The molecule has 0 radical (unpaired) electrons. The minimum Gasteiger partial charge on any atom is -1.00 e. The third-order valence-corrected chi connectivity index (χ3v) is 1.05. The summed E-state index contributed by atoms with van der Waals surface area (Å²) < 4.78 is 0. The summed E-state index contributed by atoms with van der Waals surface area (Å²) in [6.45, 7) is 0. The minimum absolute atomic E-state index is 0. The molecule has 4 nitrogen and oxygen atoms in total. The first kappa shape index (κ1) is 11.0. The fraction of sp³-hybridized carbons (Fsp3) is 0. The van der Waals surface area contributed by atoms with Crippen molar-refractivity contribution in [3.8, 4) is 0 Å². The molecule has 56 valence electrons. The predicted octanol–water partition coefficient (Wildman–Crippen LogP) is -0.0827. The van der Waals surface area contributed by atoms with Crippen LogP contribution in [0.15, 0.2) is 23.1 Å². The van der Waals surface area contributed by atoms with Crippen molar-refractivity contribution in [1.29, 1.82) is 0 Å². The van der Waals surface area contributed by atoms with Crippen molar-refractivity contribution in [3.05, 3.63) is 34.2 Å². The number of aromatic nitrogens is 1. The van der Waals surface area contributed by atoms with E-state index in [4.69, 9.17) is 5.11 Å². The van der Waals surface area contributed by atoms with Gasteiger partial charge in [0.05, 0.1) is 0 Å². The van der Waals surface area contributed by atoms with E-state index in [-0.39, 0.29) is 57.3 Å². The fourth-order valence-corrected chi connectivity index (χ4v) is 0.590. The molecular weight excluding hydrogens is 271 g/mol. The molecule has 11 heavy (non-hydrogen) atoms. The number of rotatable bonds is 1. The molecule has 0 aliphatic heterocycles. The van der Waals surface area contributed by atoms with E-state index in [2.05, 4.69) is 4.98 Å². The van der Waals surface area contributed by atoms with Gasteiger partial charge >= 0.3 is 54.9 Å². The molecule has 0 spiro atoms. The van der Waals surface area contributed by atoms with Crippen molar-refractivity contribution in [2.45, 2.75) is 0 Å². The van der Waals surface area contributed by atoms with Crippen LogP contribution in [0.2, 0.25) is 0 Å². The first-order valence-electron chi connectivity index (χ1n) is 2.63. The van der Waals surface area contributed by atoms with Gasteiger partial charge in [-0.15, -0.1) is 0 Å². The zero-order valence-corrected chi connectivity index (χ0v) is 10.1. The number of aromatic amines is 1. The van der Waals surface area contributed by atoms with Gasteiger partial charge in [-0.25, -0.2) is 4.79 Å². The fourth-order valence-electron chi connectivity index (χ4n) is 0.590. The van der Waals surface area contributed by atoms with Gasteiger partial charge in [0.15, 0.2) is 0 Å². The third kappa shape index (κ3) is 2.84. The number of H-pyrrole nitrogens is 1. The van der Waals surface area contributed by atoms with E-state index >= 15 is 0 Å². The molecule has 0 saturated carbocycles. The molecule has 0 atom stereocenters. The second-order valence-electron chi connectivity index (χ2n) is 1.72. The van der Waals surface area contributed by atoms with E-state index in [1.54, 1.807) is 0 Å². The molecule has 0 aromatic carbocycles. The molecular formula is C6H7BaNO3. The van der Waals surface area contributed by atoms with E-state index < -0.39 is 11.5 Å². The van der Waals surface area contributed by atoms with Gasteiger partial charge in [0.2, 0.25) is 0 Å². The van der Waals surface area contributed by atoms with E-state index in [0.717, 1.165) is 0 Å². The summed E-state index contributed by atoms with van der Waals surface area (Å²) in [5.41, 5.74) is -0.808. The van der Waals surface area contributed by atoms with Gasteiger partial charge in [-0.1, -0.05) is 0 Å². The first-order valence-corrected chi connectivity index (χ1v) is 2.63. The molecule has 1 aromatic rings. The number of hydrogen-bond donors (Lipinski definition) is 2. The Labute approximate surface area is 106 Å². The second kappa shape index (κ2) is 4.79. The Morgan fingerprint density at radius 3 is 2.64 bits per heavy atom. The summed E-state index contributed by atoms with van der Waals surface area (Å²) in [6.07, 6.45) is 1.38. The van der Waals surface area contributed by atoms with Crippen molar-refractivity contribution in [2.24, 2.45) is 0 Å². The van der Waals surface area contributed by atoms with Crippen LogP contribution in [-0.4, -0.2) is 64.9 Å². The number of pyridine rings is 1. The Bertz CT molecular complexity index is 315. The molecule has 1 rings (SSSR count). The van der Waals surface area contributed by atoms with Crippen LogP contribution in [0.1, 0.15) is 13.2 Å². The van der Waals surface area contributed by atoms with Crippen LogP contribution in [0.3, 0.4) is 0 Å². The largest absolute Gasteiger partial charge is 2.00 e. The van der Waals surface area contributed by atoms with Gasteiger partial charge in [-0.05, 0) is 12.1 Å². The number of nitrogens with one attached hydrogen (secondary N) is 1. The third-order valence-electron chi connectivity index (χ3n) is 1.05. The zero-order valence-electron chi connectivity index (χ0n) is 7.70. The Morgan fingerprint density at radius 1 is 1.64 bits per heavy atom. The van der Waals surface area contributed by atoms with E-state index in [1.165, 1.54) is 18.3 Å². The second-order valence-corrected chi connectivity index (χ2v) is 1.72. The van der Waals surface area contributed by atoms with Crippen LogP contribution < -0.4 is 5.56 Å². The maximum Gasteiger partial charge on any atom is 2.00 e. The first-order chi connectivity index (χ1) is 4.72. The Kier molecular flexibility index (Phi) is 4.78. The van der Waals surface area contributed by atoms with Crippen LogP contribution in [0, 0.1) is 0 Å². The quantitative estimate of drug-likeness (QED) is 0.706. The smallest absolute Gasteiger partial charge is 1.00 e. The molecule has 0 saturated heterocycles. The normalized spacial score (nSPS) is 8.36. The standard InChI is InChI=1S/C6H5NO3.Ba.2H/c8-5-4(6(9)10)2-1-3-7-5;;;/h1-3H,(H,7,8)(H,9,10);;;/q;+2;2*-1. The Morgan fingerprint density at radius 2 is 2.27 bits per heavy atom. The van der Waals surface area contributed by atoms with Crippen LogP contribution in [0.25, 0.3) is 0 Å². The summed E-state index contributed by atoms with van der Waals surface area (Å²) in [6, 6.07) is 2.71. The summed E-state index contributed by atoms with van der Waals surface area (Å²) in [7, 11) is 0. The molecule has 0 unspecified atom stereocenters. The van der Waals surface area contributed by atoms with Crippen molar-refractivity contribution in [3.63, 3.8) is 0 Å². The average Bonchev–Trinajstić information content (AvgIpc) is 1.88. The van der Waals surface area contributed by atoms with E-state index in [0.29, 0.717) is 0 Å². The summed E-state index contributed by atoms with van der Waals surface area (Å²) in [5, 5.41) is 8.35. The van der Waals surface area contributed by atoms with Crippen molar-refractivity contribution >= 4 is 54.9 Å². The van der Waals surface area contributed by atoms with Crippen LogP contribution >= 0.6 is 0 Å². The summed E-state index contributed by atoms with van der Waals surface area (Å²) in [5.74, 6) is -1.21. The van der Waals surface area contributed by atoms with E-state index in [9.17, 15) is 9.59 Å².